The fourth-order valence-electron chi connectivity index (χ4n) is 2.72. The fourth-order valence-corrected chi connectivity index (χ4v) is 3.59. The number of halogens is 4. The summed E-state index contributed by atoms with van der Waals surface area (Å²) in [4.78, 5) is 0. The summed E-state index contributed by atoms with van der Waals surface area (Å²) in [6, 6.07) is 21.9. The first-order valence-electron chi connectivity index (χ1n) is 8.71. The summed E-state index contributed by atoms with van der Waals surface area (Å²) in [6.07, 6.45) is 0.991. The molecule has 3 aromatic rings. The molecule has 3 aromatic carbocycles. The third-order valence-corrected chi connectivity index (χ3v) is 5.25. The third kappa shape index (κ3) is 6.98. The lowest BCUT2D eigenvalue weighted by molar-refractivity contribution is 0.302. The van der Waals surface area contributed by atoms with Gasteiger partial charge in [-0.15, -0.1) is 12.4 Å². The summed E-state index contributed by atoms with van der Waals surface area (Å²) >= 11 is 15.7. The van der Waals surface area contributed by atoms with Crippen LogP contribution in [0, 0.1) is 0 Å². The summed E-state index contributed by atoms with van der Waals surface area (Å²) in [7, 11) is 0. The zero-order valence-corrected chi connectivity index (χ0v) is 19.0. The number of rotatable bonds is 8. The largest absolute Gasteiger partial charge is 0.489 e. The van der Waals surface area contributed by atoms with E-state index in [-0.39, 0.29) is 12.4 Å². The Hall–Kier alpha value is -1.23. The van der Waals surface area contributed by atoms with Crippen LogP contribution in [0.4, 0.5) is 0 Å². The molecular weight excluding hydrogens is 481 g/mol. The van der Waals surface area contributed by atoms with Crippen molar-refractivity contribution in [1.82, 2.24) is 5.32 Å². The van der Waals surface area contributed by atoms with Gasteiger partial charge in [-0.25, -0.2) is 0 Å². The molecule has 2 nitrogen and oxygen atoms in total. The standard InChI is InChI=1S/C22H20BrCl2NO.ClH/c23-19-7-9-22(27-15-17-6-8-20(24)13-21(17)25)18(12-19)14-26-11-10-16-4-2-1-3-5-16;/h1-9,12-13,26H,10-11,14-15H2;1H. The van der Waals surface area contributed by atoms with Gasteiger partial charge in [0.1, 0.15) is 12.4 Å². The van der Waals surface area contributed by atoms with Crippen molar-refractivity contribution in [2.75, 3.05) is 6.54 Å². The van der Waals surface area contributed by atoms with Crippen molar-refractivity contribution in [2.45, 2.75) is 19.6 Å². The van der Waals surface area contributed by atoms with E-state index in [4.69, 9.17) is 27.9 Å². The molecule has 3 rings (SSSR count). The molecule has 0 aromatic heterocycles. The molecule has 0 saturated heterocycles. The second kappa shape index (κ2) is 11.7. The highest BCUT2D eigenvalue weighted by atomic mass is 79.9. The number of benzene rings is 3. The molecular formula is C22H21BrCl3NO. The van der Waals surface area contributed by atoms with Gasteiger partial charge in [-0.2, -0.15) is 0 Å². The SMILES string of the molecule is Cl.Clc1ccc(COc2ccc(Br)cc2CNCCc2ccccc2)c(Cl)c1. The molecule has 0 bridgehead atoms. The third-order valence-electron chi connectivity index (χ3n) is 4.17. The Morgan fingerprint density at radius 2 is 1.68 bits per heavy atom. The van der Waals surface area contributed by atoms with Gasteiger partial charge in [0, 0.05) is 32.2 Å². The lowest BCUT2D eigenvalue weighted by Gasteiger charge is -2.14. The van der Waals surface area contributed by atoms with Gasteiger partial charge in [0.25, 0.3) is 0 Å². The lowest BCUT2D eigenvalue weighted by atomic mass is 10.1. The van der Waals surface area contributed by atoms with Crippen molar-refractivity contribution >= 4 is 51.5 Å². The molecule has 0 unspecified atom stereocenters. The Morgan fingerprint density at radius 1 is 0.893 bits per heavy atom. The minimum absolute atomic E-state index is 0. The van der Waals surface area contributed by atoms with E-state index in [9.17, 15) is 0 Å². The summed E-state index contributed by atoms with van der Waals surface area (Å²) < 4.78 is 7.05. The Kier molecular flexibility index (Phi) is 9.63. The molecule has 6 heteroatoms. The predicted molar refractivity (Wildman–Crippen MR) is 124 cm³/mol. The first kappa shape index (κ1) is 23.1. The van der Waals surface area contributed by atoms with Crippen LogP contribution in [0.3, 0.4) is 0 Å². The molecule has 0 amide bonds. The molecule has 1 N–H and O–H groups in total. The number of ether oxygens (including phenoxy) is 1. The zero-order valence-electron chi connectivity index (χ0n) is 15.1. The van der Waals surface area contributed by atoms with Crippen LogP contribution in [0.2, 0.25) is 10.0 Å². The highest BCUT2D eigenvalue weighted by molar-refractivity contribution is 9.10. The van der Waals surface area contributed by atoms with Gasteiger partial charge in [-0.3, -0.25) is 0 Å². The molecule has 0 aliphatic carbocycles. The normalized spacial score (nSPS) is 10.4. The minimum atomic E-state index is 0. The molecule has 28 heavy (non-hydrogen) atoms. The number of hydrogen-bond donors (Lipinski definition) is 1. The summed E-state index contributed by atoms with van der Waals surface area (Å²) in [6.45, 7) is 2.03. The molecule has 0 aliphatic heterocycles. The van der Waals surface area contributed by atoms with Gasteiger partial charge in [-0.1, -0.05) is 75.5 Å². The van der Waals surface area contributed by atoms with Crippen LogP contribution in [-0.4, -0.2) is 6.54 Å². The van der Waals surface area contributed by atoms with Gasteiger partial charge < -0.3 is 10.1 Å². The van der Waals surface area contributed by atoms with E-state index in [1.165, 1.54) is 5.56 Å². The second-order valence-corrected chi connectivity index (χ2v) is 7.95. The topological polar surface area (TPSA) is 21.3 Å². The molecule has 0 aliphatic rings. The smallest absolute Gasteiger partial charge is 0.124 e. The van der Waals surface area contributed by atoms with Crippen LogP contribution in [-0.2, 0) is 19.6 Å². The number of nitrogens with one attached hydrogen (secondary N) is 1. The maximum absolute atomic E-state index is 6.24. The zero-order chi connectivity index (χ0) is 19.1. The quantitative estimate of drug-likeness (QED) is 0.333. The van der Waals surface area contributed by atoms with Gasteiger partial charge >= 0.3 is 0 Å². The Labute approximate surface area is 190 Å². The average molecular weight is 502 g/mol. The van der Waals surface area contributed by atoms with Crippen molar-refractivity contribution in [3.63, 3.8) is 0 Å². The summed E-state index contributed by atoms with van der Waals surface area (Å²) in [5.41, 5.74) is 3.34. The lowest BCUT2D eigenvalue weighted by Crippen LogP contribution is -2.17. The summed E-state index contributed by atoms with van der Waals surface area (Å²) in [5, 5.41) is 4.72. The maximum Gasteiger partial charge on any atom is 0.124 e. The molecule has 0 radical (unpaired) electrons. The van der Waals surface area contributed by atoms with Gasteiger partial charge in [0.05, 0.1) is 0 Å². The first-order chi connectivity index (χ1) is 13.1. The molecule has 0 heterocycles. The van der Waals surface area contributed by atoms with Crippen molar-refractivity contribution in [1.29, 1.82) is 0 Å². The Balaban J connectivity index is 0.00000280. The molecule has 148 valence electrons. The second-order valence-electron chi connectivity index (χ2n) is 6.19. The van der Waals surface area contributed by atoms with E-state index >= 15 is 0 Å². The predicted octanol–water partition coefficient (Wildman–Crippen LogP) is 7.09. The molecule has 0 fully saturated rings. The average Bonchev–Trinajstić information content (AvgIpc) is 2.66. The Morgan fingerprint density at radius 3 is 2.43 bits per heavy atom. The van der Waals surface area contributed by atoms with Crippen molar-refractivity contribution in [2.24, 2.45) is 0 Å². The fraction of sp³-hybridized carbons (Fsp3) is 0.182. The minimum Gasteiger partial charge on any atom is -0.489 e. The van der Waals surface area contributed by atoms with E-state index in [0.717, 1.165) is 40.9 Å². The first-order valence-corrected chi connectivity index (χ1v) is 10.3. The van der Waals surface area contributed by atoms with Gasteiger partial charge in [0.15, 0.2) is 0 Å². The van der Waals surface area contributed by atoms with Crippen LogP contribution in [0.15, 0.2) is 71.2 Å². The van der Waals surface area contributed by atoms with E-state index < -0.39 is 0 Å². The van der Waals surface area contributed by atoms with Crippen molar-refractivity contribution in [3.05, 3.63) is 97.9 Å². The van der Waals surface area contributed by atoms with Crippen LogP contribution < -0.4 is 10.1 Å². The van der Waals surface area contributed by atoms with Crippen molar-refractivity contribution < 1.29 is 4.74 Å². The molecule has 0 atom stereocenters. The maximum atomic E-state index is 6.24. The van der Waals surface area contributed by atoms with Crippen molar-refractivity contribution in [3.8, 4) is 5.75 Å². The highest BCUT2D eigenvalue weighted by Gasteiger charge is 2.07. The highest BCUT2D eigenvalue weighted by Crippen LogP contribution is 2.26. The summed E-state index contributed by atoms with van der Waals surface area (Å²) in [5.74, 6) is 0.844. The Bertz CT molecular complexity index is 890. The van der Waals surface area contributed by atoms with Gasteiger partial charge in [0.2, 0.25) is 0 Å². The van der Waals surface area contributed by atoms with E-state index in [0.29, 0.717) is 16.7 Å². The van der Waals surface area contributed by atoms with Crippen LogP contribution in [0.25, 0.3) is 0 Å². The number of hydrogen-bond acceptors (Lipinski definition) is 2. The van der Waals surface area contributed by atoms with Crippen LogP contribution in [0.1, 0.15) is 16.7 Å². The molecule has 0 spiro atoms. The molecule has 0 saturated carbocycles. The van der Waals surface area contributed by atoms with Crippen LogP contribution in [0.5, 0.6) is 5.75 Å². The van der Waals surface area contributed by atoms with E-state index in [1.54, 1.807) is 6.07 Å². The monoisotopic (exact) mass is 499 g/mol. The van der Waals surface area contributed by atoms with Gasteiger partial charge in [-0.05, 0) is 48.9 Å². The van der Waals surface area contributed by atoms with E-state index in [1.807, 2.05) is 30.3 Å². The van der Waals surface area contributed by atoms with E-state index in [2.05, 4.69) is 51.6 Å². The van der Waals surface area contributed by atoms with Crippen LogP contribution >= 0.6 is 51.5 Å².